The minimum atomic E-state index is -0.429. The van der Waals surface area contributed by atoms with Crippen LogP contribution in [0.5, 0.6) is 0 Å². The summed E-state index contributed by atoms with van der Waals surface area (Å²) in [6, 6.07) is 14.1. The highest BCUT2D eigenvalue weighted by Crippen LogP contribution is 2.29. The van der Waals surface area contributed by atoms with Gasteiger partial charge in [-0.3, -0.25) is 14.5 Å². The van der Waals surface area contributed by atoms with Gasteiger partial charge in [0.05, 0.1) is 33.9 Å². The lowest BCUT2D eigenvalue weighted by Crippen LogP contribution is -2.27. The topological polar surface area (TPSA) is 127 Å². The lowest BCUT2D eigenvalue weighted by Gasteiger charge is -2.21. The second-order valence-corrected chi connectivity index (χ2v) is 7.83. The number of hydrogen-bond donors (Lipinski definition) is 3. The summed E-state index contributed by atoms with van der Waals surface area (Å²) in [6.07, 6.45) is 5.03. The van der Waals surface area contributed by atoms with E-state index >= 15 is 0 Å². The zero-order valence-electron chi connectivity index (χ0n) is 17.5. The molecule has 10 heteroatoms. The number of nitrogens with two attached hydrogens (primary N) is 1. The van der Waals surface area contributed by atoms with Crippen LogP contribution >= 0.6 is 11.6 Å². The van der Waals surface area contributed by atoms with Crippen LogP contribution in [0.2, 0.25) is 5.02 Å². The van der Waals surface area contributed by atoms with Crippen molar-refractivity contribution in [3.8, 4) is 16.8 Å². The number of rotatable bonds is 5. The molecule has 0 amide bonds. The molecule has 9 nitrogen and oxygen atoms in total. The molecule has 3 aromatic heterocycles. The SMILES string of the molecule is C[C@@H](Nc1nc(N)ncc1-c1cn[nH]c1)c1nc2cccc(Cl)c2c(=O)n1-c1ccccc1. The molecule has 0 bridgehead atoms. The Morgan fingerprint density at radius 1 is 1.09 bits per heavy atom. The molecule has 0 saturated carbocycles. The average molecular weight is 459 g/mol. The molecule has 5 rings (SSSR count). The molecule has 3 heterocycles. The number of anilines is 2. The monoisotopic (exact) mass is 458 g/mol. The molecule has 164 valence electrons. The maximum absolute atomic E-state index is 13.6. The Hall–Kier alpha value is -4.24. The summed E-state index contributed by atoms with van der Waals surface area (Å²) in [5.74, 6) is 1.11. The summed E-state index contributed by atoms with van der Waals surface area (Å²) in [7, 11) is 0. The van der Waals surface area contributed by atoms with E-state index < -0.39 is 6.04 Å². The number of fused-ring (bicyclic) bond motifs is 1. The Morgan fingerprint density at radius 3 is 2.67 bits per heavy atom. The van der Waals surface area contributed by atoms with Crippen molar-refractivity contribution in [2.24, 2.45) is 0 Å². The number of nitrogen functional groups attached to an aromatic ring is 1. The Labute approximate surface area is 193 Å². The molecule has 0 saturated heterocycles. The molecule has 33 heavy (non-hydrogen) atoms. The van der Waals surface area contributed by atoms with Gasteiger partial charge < -0.3 is 11.1 Å². The minimum Gasteiger partial charge on any atom is -0.368 e. The number of hydrogen-bond acceptors (Lipinski definition) is 7. The summed E-state index contributed by atoms with van der Waals surface area (Å²) in [5.41, 5.74) is 8.31. The normalized spacial score (nSPS) is 12.1. The average Bonchev–Trinajstić information content (AvgIpc) is 3.34. The second kappa shape index (κ2) is 8.36. The zero-order chi connectivity index (χ0) is 22.9. The third-order valence-corrected chi connectivity index (χ3v) is 5.56. The zero-order valence-corrected chi connectivity index (χ0v) is 18.3. The Kier molecular flexibility index (Phi) is 5.23. The van der Waals surface area contributed by atoms with Gasteiger partial charge in [-0.15, -0.1) is 0 Å². The van der Waals surface area contributed by atoms with Crippen LogP contribution in [0.3, 0.4) is 0 Å². The number of halogens is 1. The molecule has 0 aliphatic carbocycles. The standard InChI is InChI=1S/C23H19ClN8O/c1-13(29-20-16(12-26-23(25)31-20)14-10-27-28-11-14)21-30-18-9-5-8-17(24)19(18)22(33)32(21)15-6-3-2-4-7-15/h2-13H,1H3,(H,27,28)(H3,25,26,29,31)/t13-/m1/s1. The highest BCUT2D eigenvalue weighted by molar-refractivity contribution is 6.35. The first-order valence-corrected chi connectivity index (χ1v) is 10.6. The van der Waals surface area contributed by atoms with E-state index in [1.807, 2.05) is 37.3 Å². The van der Waals surface area contributed by atoms with Crippen LogP contribution in [0.25, 0.3) is 27.7 Å². The largest absolute Gasteiger partial charge is 0.368 e. The van der Waals surface area contributed by atoms with Crippen LogP contribution < -0.4 is 16.6 Å². The highest BCUT2D eigenvalue weighted by atomic mass is 35.5. The number of H-pyrrole nitrogens is 1. The Bertz CT molecular complexity index is 1500. The first kappa shape index (κ1) is 20.7. The summed E-state index contributed by atoms with van der Waals surface area (Å²) in [4.78, 5) is 26.9. The molecule has 0 fully saturated rings. The summed E-state index contributed by atoms with van der Waals surface area (Å²) >= 11 is 6.37. The van der Waals surface area contributed by atoms with Crippen molar-refractivity contribution in [1.82, 2.24) is 29.7 Å². The predicted octanol–water partition coefficient (Wildman–Crippen LogP) is 3.97. The van der Waals surface area contributed by atoms with E-state index in [1.165, 1.54) is 0 Å². The van der Waals surface area contributed by atoms with E-state index in [9.17, 15) is 4.79 Å². The van der Waals surface area contributed by atoms with E-state index in [4.69, 9.17) is 22.3 Å². The number of nitrogens with zero attached hydrogens (tertiary/aromatic N) is 5. The highest BCUT2D eigenvalue weighted by Gasteiger charge is 2.21. The van der Waals surface area contributed by atoms with Gasteiger partial charge in [0.2, 0.25) is 5.95 Å². The molecule has 0 aliphatic heterocycles. The fraction of sp³-hybridized carbons (Fsp3) is 0.0870. The smallest absolute Gasteiger partial charge is 0.267 e. The van der Waals surface area contributed by atoms with Gasteiger partial charge in [-0.25, -0.2) is 9.97 Å². The van der Waals surface area contributed by atoms with Crippen molar-refractivity contribution >= 4 is 34.3 Å². The number of aromatic nitrogens is 6. The van der Waals surface area contributed by atoms with Crippen molar-refractivity contribution < 1.29 is 0 Å². The van der Waals surface area contributed by atoms with Gasteiger partial charge in [-0.2, -0.15) is 10.1 Å². The summed E-state index contributed by atoms with van der Waals surface area (Å²) < 4.78 is 1.56. The molecule has 2 aromatic carbocycles. The first-order chi connectivity index (χ1) is 16.0. The second-order valence-electron chi connectivity index (χ2n) is 7.42. The van der Waals surface area contributed by atoms with Gasteiger partial charge in [0.25, 0.3) is 5.56 Å². The van der Waals surface area contributed by atoms with E-state index in [0.717, 1.165) is 5.56 Å². The number of benzene rings is 2. The molecule has 0 aliphatic rings. The van der Waals surface area contributed by atoms with Crippen LogP contribution in [-0.4, -0.2) is 29.7 Å². The third-order valence-electron chi connectivity index (χ3n) is 5.24. The van der Waals surface area contributed by atoms with Crippen LogP contribution in [-0.2, 0) is 0 Å². The fourth-order valence-electron chi connectivity index (χ4n) is 3.71. The van der Waals surface area contributed by atoms with Gasteiger partial charge in [0.1, 0.15) is 11.6 Å². The predicted molar refractivity (Wildman–Crippen MR) is 128 cm³/mol. The quantitative estimate of drug-likeness (QED) is 0.363. The minimum absolute atomic E-state index is 0.121. The van der Waals surface area contributed by atoms with Crippen molar-refractivity contribution in [3.05, 3.63) is 88.3 Å². The van der Waals surface area contributed by atoms with Crippen molar-refractivity contribution in [1.29, 1.82) is 0 Å². The molecule has 0 unspecified atom stereocenters. The van der Waals surface area contributed by atoms with Crippen LogP contribution in [0.15, 0.2) is 71.9 Å². The lowest BCUT2D eigenvalue weighted by atomic mass is 10.1. The first-order valence-electron chi connectivity index (χ1n) is 10.2. The molecular formula is C23H19ClN8O. The molecule has 1 atom stereocenters. The molecule has 0 spiro atoms. The fourth-order valence-corrected chi connectivity index (χ4v) is 3.96. The van der Waals surface area contributed by atoms with E-state index in [-0.39, 0.29) is 11.5 Å². The van der Waals surface area contributed by atoms with E-state index in [2.05, 4.69) is 25.5 Å². The summed E-state index contributed by atoms with van der Waals surface area (Å²) in [5, 5.41) is 10.8. The maximum atomic E-state index is 13.6. The van der Waals surface area contributed by atoms with Crippen LogP contribution in [0, 0.1) is 0 Å². The Morgan fingerprint density at radius 2 is 1.91 bits per heavy atom. The van der Waals surface area contributed by atoms with Gasteiger partial charge >= 0.3 is 0 Å². The van der Waals surface area contributed by atoms with Gasteiger partial charge in [-0.05, 0) is 31.2 Å². The van der Waals surface area contributed by atoms with E-state index in [0.29, 0.717) is 38.8 Å². The third kappa shape index (κ3) is 3.79. The van der Waals surface area contributed by atoms with Crippen molar-refractivity contribution in [2.75, 3.05) is 11.1 Å². The molecule has 0 radical (unpaired) electrons. The molecular weight excluding hydrogens is 440 g/mol. The van der Waals surface area contributed by atoms with Gasteiger partial charge in [0.15, 0.2) is 0 Å². The van der Waals surface area contributed by atoms with Crippen molar-refractivity contribution in [3.63, 3.8) is 0 Å². The number of aromatic amines is 1. The Balaban J connectivity index is 1.68. The van der Waals surface area contributed by atoms with Crippen LogP contribution in [0.1, 0.15) is 18.8 Å². The number of para-hydroxylation sites is 1. The molecule has 4 N–H and O–H groups in total. The lowest BCUT2D eigenvalue weighted by molar-refractivity contribution is 0.731. The number of nitrogens with one attached hydrogen (secondary N) is 2. The van der Waals surface area contributed by atoms with E-state index in [1.54, 1.807) is 41.4 Å². The maximum Gasteiger partial charge on any atom is 0.267 e. The van der Waals surface area contributed by atoms with Gasteiger partial charge in [-0.1, -0.05) is 35.9 Å². The summed E-state index contributed by atoms with van der Waals surface area (Å²) in [6.45, 7) is 1.90. The van der Waals surface area contributed by atoms with Gasteiger partial charge in [0, 0.05) is 23.5 Å². The van der Waals surface area contributed by atoms with Crippen molar-refractivity contribution in [2.45, 2.75) is 13.0 Å². The van der Waals surface area contributed by atoms with Crippen LogP contribution in [0.4, 0.5) is 11.8 Å². The molecule has 5 aromatic rings.